The summed E-state index contributed by atoms with van der Waals surface area (Å²) >= 11 is 1.56. The van der Waals surface area contributed by atoms with Gasteiger partial charge < -0.3 is 9.47 Å². The minimum atomic E-state index is -0.135. The van der Waals surface area contributed by atoms with Crippen LogP contribution in [0.3, 0.4) is 0 Å². The summed E-state index contributed by atoms with van der Waals surface area (Å²) in [4.78, 5) is 13.3. The summed E-state index contributed by atoms with van der Waals surface area (Å²) in [6, 6.07) is 8.85. The molecule has 0 radical (unpaired) electrons. The molecule has 1 aliphatic heterocycles. The fraction of sp³-hybridized carbons (Fsp3) is 0.125. The molecule has 0 saturated carbocycles. The number of ether oxygens (including phenoxy) is 2. The molecule has 4 nitrogen and oxygen atoms in total. The van der Waals surface area contributed by atoms with Crippen LogP contribution in [0, 0.1) is 18.3 Å². The van der Waals surface area contributed by atoms with Crippen LogP contribution >= 0.6 is 11.3 Å². The van der Waals surface area contributed by atoms with E-state index in [-0.39, 0.29) is 12.4 Å². The smallest absolute Gasteiger partial charge is 0.232 e. The largest absolute Gasteiger partial charge is 0.479 e. The number of thiophene rings is 1. The molecule has 0 N–H and O–H groups in total. The van der Waals surface area contributed by atoms with Gasteiger partial charge >= 0.3 is 0 Å². The van der Waals surface area contributed by atoms with Crippen LogP contribution in [-0.2, 0) is 0 Å². The van der Waals surface area contributed by atoms with E-state index in [0.29, 0.717) is 22.8 Å². The molecule has 0 bridgehead atoms. The first-order valence-corrected chi connectivity index (χ1v) is 7.19. The number of fused-ring (bicyclic) bond motifs is 1. The highest BCUT2D eigenvalue weighted by Crippen LogP contribution is 2.35. The molecule has 5 heteroatoms. The first-order valence-electron chi connectivity index (χ1n) is 6.31. The predicted octanol–water partition coefficient (Wildman–Crippen LogP) is 3.58. The lowest BCUT2D eigenvalue weighted by Crippen LogP contribution is -1.97. The lowest BCUT2D eigenvalue weighted by molar-refractivity contribution is 0.101. The van der Waals surface area contributed by atoms with Gasteiger partial charge in [0, 0.05) is 17.0 Å². The molecule has 104 valence electrons. The van der Waals surface area contributed by atoms with E-state index < -0.39 is 0 Å². The zero-order valence-corrected chi connectivity index (χ0v) is 12.1. The summed E-state index contributed by atoms with van der Waals surface area (Å²) in [6.07, 6.45) is 1.76. The fourth-order valence-corrected chi connectivity index (χ4v) is 2.87. The number of ketones is 1. The van der Waals surface area contributed by atoms with Gasteiger partial charge in [-0.2, -0.15) is 5.26 Å². The Labute approximate surface area is 125 Å². The Morgan fingerprint density at radius 1 is 1.43 bits per heavy atom. The summed E-state index contributed by atoms with van der Waals surface area (Å²) in [7, 11) is 0. The molecular formula is C16H11NO3S. The van der Waals surface area contributed by atoms with Crippen LogP contribution in [-0.4, -0.2) is 12.4 Å². The molecule has 0 spiro atoms. The Hall–Kier alpha value is -2.58. The summed E-state index contributed by atoms with van der Waals surface area (Å²) in [5, 5.41) is 10.5. The summed E-state index contributed by atoms with van der Waals surface area (Å²) < 4.78 is 10.8. The van der Waals surface area contributed by atoms with Gasteiger partial charge in [-0.1, -0.05) is 0 Å². The fourth-order valence-electron chi connectivity index (χ4n) is 2.02. The normalized spacial score (nSPS) is 14.7. The zero-order valence-electron chi connectivity index (χ0n) is 11.3. The van der Waals surface area contributed by atoms with Crippen molar-refractivity contribution in [2.75, 3.05) is 6.61 Å². The number of nitriles is 1. The van der Waals surface area contributed by atoms with E-state index >= 15 is 0 Å². The molecule has 1 aromatic heterocycles. The third-order valence-corrected chi connectivity index (χ3v) is 4.07. The SMILES string of the molecule is Cc1ccsc1/C=C1\Oc2cc(OCC#N)ccc2C1=O. The van der Waals surface area contributed by atoms with Gasteiger partial charge in [-0.3, -0.25) is 4.79 Å². The number of aryl methyl sites for hydroxylation is 1. The number of nitrogens with zero attached hydrogens (tertiary/aromatic N) is 1. The van der Waals surface area contributed by atoms with Crippen molar-refractivity contribution in [2.24, 2.45) is 0 Å². The first kappa shape index (κ1) is 13.4. The molecule has 3 rings (SSSR count). The second-order valence-electron chi connectivity index (χ2n) is 4.51. The maximum absolute atomic E-state index is 12.3. The second kappa shape index (κ2) is 5.43. The van der Waals surface area contributed by atoms with Gasteiger partial charge in [0.2, 0.25) is 5.78 Å². The Kier molecular flexibility index (Phi) is 3.46. The van der Waals surface area contributed by atoms with Crippen molar-refractivity contribution >= 4 is 23.2 Å². The van der Waals surface area contributed by atoms with Crippen molar-refractivity contribution in [1.29, 1.82) is 5.26 Å². The Balaban J connectivity index is 1.90. The number of carbonyl (C=O) groups excluding carboxylic acids is 1. The van der Waals surface area contributed by atoms with Crippen LogP contribution in [0.25, 0.3) is 6.08 Å². The molecule has 0 aliphatic carbocycles. The zero-order chi connectivity index (χ0) is 14.8. The van der Waals surface area contributed by atoms with Gasteiger partial charge in [-0.05, 0) is 36.1 Å². The summed E-state index contributed by atoms with van der Waals surface area (Å²) in [6.45, 7) is 1.95. The molecule has 1 aromatic carbocycles. The second-order valence-corrected chi connectivity index (χ2v) is 5.46. The van der Waals surface area contributed by atoms with E-state index in [9.17, 15) is 4.79 Å². The minimum absolute atomic E-state index is 0.0379. The van der Waals surface area contributed by atoms with Crippen molar-refractivity contribution in [3.63, 3.8) is 0 Å². The van der Waals surface area contributed by atoms with Gasteiger partial charge in [0.15, 0.2) is 12.4 Å². The summed E-state index contributed by atoms with van der Waals surface area (Å²) in [5.74, 6) is 1.16. The van der Waals surface area contributed by atoms with Crippen LogP contribution in [0.5, 0.6) is 11.5 Å². The number of carbonyl (C=O) groups is 1. The molecule has 1 aliphatic rings. The van der Waals surface area contributed by atoms with Crippen LogP contribution in [0.4, 0.5) is 0 Å². The van der Waals surface area contributed by atoms with E-state index in [1.165, 1.54) is 0 Å². The molecule has 0 saturated heterocycles. The molecule has 0 atom stereocenters. The highest BCUT2D eigenvalue weighted by Gasteiger charge is 2.28. The van der Waals surface area contributed by atoms with E-state index in [4.69, 9.17) is 14.7 Å². The third-order valence-electron chi connectivity index (χ3n) is 3.11. The van der Waals surface area contributed by atoms with E-state index in [1.807, 2.05) is 24.4 Å². The average Bonchev–Trinajstić information content (AvgIpc) is 3.02. The van der Waals surface area contributed by atoms with Crippen LogP contribution in [0.1, 0.15) is 20.8 Å². The van der Waals surface area contributed by atoms with Gasteiger partial charge in [-0.15, -0.1) is 11.3 Å². The van der Waals surface area contributed by atoms with Crippen molar-refractivity contribution in [3.05, 3.63) is 51.4 Å². The number of benzene rings is 1. The maximum atomic E-state index is 12.3. The molecule has 0 amide bonds. The first-order chi connectivity index (χ1) is 10.2. The number of Topliss-reactive ketones (excluding diaryl/α,β-unsaturated/α-hetero) is 1. The quantitative estimate of drug-likeness (QED) is 0.813. The summed E-state index contributed by atoms with van der Waals surface area (Å²) in [5.41, 5.74) is 1.62. The van der Waals surface area contributed by atoms with Crippen LogP contribution in [0.15, 0.2) is 35.4 Å². The predicted molar refractivity (Wildman–Crippen MR) is 79.5 cm³/mol. The monoisotopic (exact) mass is 297 g/mol. The molecular weight excluding hydrogens is 286 g/mol. The number of hydrogen-bond acceptors (Lipinski definition) is 5. The molecule has 0 unspecified atom stereocenters. The van der Waals surface area contributed by atoms with Crippen molar-refractivity contribution in [3.8, 4) is 17.6 Å². The van der Waals surface area contributed by atoms with Crippen molar-refractivity contribution in [2.45, 2.75) is 6.92 Å². The Bertz CT molecular complexity index is 783. The Morgan fingerprint density at radius 2 is 2.29 bits per heavy atom. The third kappa shape index (κ3) is 2.54. The van der Waals surface area contributed by atoms with Gasteiger partial charge in [-0.25, -0.2) is 0 Å². The standard InChI is InChI=1S/C16H11NO3S/c1-10-4-7-21-15(10)9-14-16(18)12-3-2-11(19-6-5-17)8-13(12)20-14/h2-4,7-9H,6H2,1H3/b14-9-. The van der Waals surface area contributed by atoms with Crippen LogP contribution in [0.2, 0.25) is 0 Å². The topological polar surface area (TPSA) is 59.3 Å². The number of rotatable bonds is 3. The van der Waals surface area contributed by atoms with Crippen LogP contribution < -0.4 is 9.47 Å². The highest BCUT2D eigenvalue weighted by atomic mass is 32.1. The highest BCUT2D eigenvalue weighted by molar-refractivity contribution is 7.11. The average molecular weight is 297 g/mol. The van der Waals surface area contributed by atoms with Crippen molar-refractivity contribution in [1.82, 2.24) is 0 Å². The Morgan fingerprint density at radius 3 is 3.00 bits per heavy atom. The maximum Gasteiger partial charge on any atom is 0.232 e. The number of allylic oxidation sites excluding steroid dienone is 1. The molecule has 2 heterocycles. The van der Waals surface area contributed by atoms with Gasteiger partial charge in [0.05, 0.1) is 5.56 Å². The molecule has 21 heavy (non-hydrogen) atoms. The molecule has 0 fully saturated rings. The van der Waals surface area contributed by atoms with Gasteiger partial charge in [0.1, 0.15) is 17.6 Å². The number of hydrogen-bond donors (Lipinski definition) is 0. The van der Waals surface area contributed by atoms with E-state index in [0.717, 1.165) is 10.4 Å². The van der Waals surface area contributed by atoms with E-state index in [2.05, 4.69) is 0 Å². The minimum Gasteiger partial charge on any atom is -0.479 e. The lowest BCUT2D eigenvalue weighted by atomic mass is 10.1. The van der Waals surface area contributed by atoms with E-state index in [1.54, 1.807) is 35.6 Å². The van der Waals surface area contributed by atoms with Crippen molar-refractivity contribution < 1.29 is 14.3 Å². The molecule has 2 aromatic rings. The lowest BCUT2D eigenvalue weighted by Gasteiger charge is -2.02. The van der Waals surface area contributed by atoms with Gasteiger partial charge in [0.25, 0.3) is 0 Å².